The van der Waals surface area contributed by atoms with Gasteiger partial charge in [0.2, 0.25) is 5.82 Å². The largest absolute Gasteiger partial charge is 0.440 e. The summed E-state index contributed by atoms with van der Waals surface area (Å²) < 4.78 is 73.0. The van der Waals surface area contributed by atoms with Crippen molar-refractivity contribution in [3.05, 3.63) is 41.9 Å². The van der Waals surface area contributed by atoms with Crippen LogP contribution in [0, 0.1) is 18.8 Å². The van der Waals surface area contributed by atoms with E-state index in [2.05, 4.69) is 20.1 Å². The van der Waals surface area contributed by atoms with Crippen LogP contribution in [0.1, 0.15) is 23.6 Å². The van der Waals surface area contributed by atoms with Crippen molar-refractivity contribution in [3.8, 4) is 11.6 Å². The van der Waals surface area contributed by atoms with E-state index in [1.165, 1.54) is 12.5 Å². The van der Waals surface area contributed by atoms with Gasteiger partial charge in [0.15, 0.2) is 17.3 Å². The summed E-state index contributed by atoms with van der Waals surface area (Å²) in [6.45, 7) is 4.26. The van der Waals surface area contributed by atoms with Gasteiger partial charge in [-0.25, -0.2) is 4.98 Å². The summed E-state index contributed by atoms with van der Waals surface area (Å²) in [7, 11) is -7.78. The molecule has 0 N–H and O–H groups in total. The number of benzene rings is 1. The smallest absolute Gasteiger partial charge is 0.310 e. The Kier molecular flexibility index (Phi) is 5.17. The predicted octanol–water partition coefficient (Wildman–Crippen LogP) is 6.26. The van der Waals surface area contributed by atoms with Crippen LogP contribution in [0.3, 0.4) is 0 Å². The molecule has 5 rings (SSSR count). The molecular formula is C21H24F5N5OS2. The van der Waals surface area contributed by atoms with Crippen molar-refractivity contribution in [2.75, 3.05) is 25.4 Å². The number of fused-ring (bicyclic) bond motifs is 1. The maximum atomic E-state index is 13.1. The highest BCUT2D eigenvalue weighted by atomic mass is 32.5. The van der Waals surface area contributed by atoms with Gasteiger partial charge < -0.3 is 13.9 Å². The van der Waals surface area contributed by atoms with Crippen molar-refractivity contribution in [2.24, 2.45) is 18.9 Å². The maximum absolute atomic E-state index is 13.1. The minimum absolute atomic E-state index is 0.0675. The molecule has 6 nitrogen and oxygen atoms in total. The van der Waals surface area contributed by atoms with Gasteiger partial charge >= 0.3 is 10.2 Å². The van der Waals surface area contributed by atoms with E-state index in [1.54, 1.807) is 11.8 Å². The molecule has 1 saturated heterocycles. The van der Waals surface area contributed by atoms with Crippen LogP contribution in [0.15, 0.2) is 45.1 Å². The fourth-order valence-electron chi connectivity index (χ4n) is 4.86. The van der Waals surface area contributed by atoms with Crippen molar-refractivity contribution in [3.63, 3.8) is 0 Å². The van der Waals surface area contributed by atoms with E-state index in [4.69, 9.17) is 4.42 Å². The van der Waals surface area contributed by atoms with Crippen molar-refractivity contribution >= 4 is 22.0 Å². The lowest BCUT2D eigenvalue weighted by Crippen LogP contribution is -2.25. The first kappa shape index (κ1) is 23.6. The van der Waals surface area contributed by atoms with Crippen LogP contribution in [-0.2, 0) is 7.05 Å². The van der Waals surface area contributed by atoms with Crippen molar-refractivity contribution in [1.82, 2.24) is 24.6 Å². The number of halogens is 5. The van der Waals surface area contributed by atoms with Gasteiger partial charge in [0.25, 0.3) is 0 Å². The van der Waals surface area contributed by atoms with E-state index in [-0.39, 0.29) is 17.8 Å². The molecule has 0 spiro atoms. The third-order valence-electron chi connectivity index (χ3n) is 6.59. The lowest BCUT2D eigenvalue weighted by Gasteiger charge is -2.40. The van der Waals surface area contributed by atoms with Crippen molar-refractivity contribution in [2.45, 2.75) is 29.3 Å². The summed E-state index contributed by atoms with van der Waals surface area (Å²) in [5.41, 5.74) is 1.12. The molecule has 2 aliphatic rings. The van der Waals surface area contributed by atoms with E-state index in [0.717, 1.165) is 48.7 Å². The quantitative estimate of drug-likeness (QED) is 0.198. The minimum atomic E-state index is -9.65. The number of hydrogen-bond donors (Lipinski definition) is 0. The Morgan fingerprint density at radius 3 is 2.50 bits per heavy atom. The lowest BCUT2D eigenvalue weighted by molar-refractivity contribution is 0.299. The number of oxazole rings is 1. The Balaban J connectivity index is 1.10. The number of rotatable bonds is 8. The molecule has 34 heavy (non-hydrogen) atoms. The molecule has 1 aliphatic carbocycles. The van der Waals surface area contributed by atoms with Crippen LogP contribution in [-0.4, -0.2) is 50.0 Å². The summed E-state index contributed by atoms with van der Waals surface area (Å²) in [6.07, 6.45) is 2.29. The standard InChI is InChI=1S/C21H24F5N5OS2/c1-13-19(32-12-27-13)20-28-29-21(30(20)2)33-8-4-7-31-10-16-17(11-31)18(16)14-5-3-6-15(9-14)34(22,23,24,25)26/h3,5-6,9,12,16-18H,4,7-8,10-11H2,1-2H3/t16-,17?,18?/m0/s1. The van der Waals surface area contributed by atoms with Crippen LogP contribution in [0.4, 0.5) is 19.4 Å². The summed E-state index contributed by atoms with van der Waals surface area (Å²) in [6, 6.07) is 3.75. The van der Waals surface area contributed by atoms with Crippen LogP contribution in [0.25, 0.3) is 11.6 Å². The number of nitrogens with zero attached hydrogens (tertiary/aromatic N) is 5. The molecule has 0 radical (unpaired) electrons. The first-order valence-electron chi connectivity index (χ1n) is 10.8. The van der Waals surface area contributed by atoms with E-state index in [0.29, 0.717) is 29.3 Å². The van der Waals surface area contributed by atoms with Gasteiger partial charge in [-0.2, -0.15) is 0 Å². The molecule has 3 aromatic rings. The highest BCUT2D eigenvalue weighted by molar-refractivity contribution is 8.45. The molecule has 1 saturated carbocycles. The Morgan fingerprint density at radius 1 is 1.12 bits per heavy atom. The van der Waals surface area contributed by atoms with Crippen LogP contribution < -0.4 is 0 Å². The lowest BCUT2D eigenvalue weighted by atomic mass is 10.1. The monoisotopic (exact) mass is 521 g/mol. The normalized spacial score (nSPS) is 24.6. The van der Waals surface area contributed by atoms with E-state index in [9.17, 15) is 19.4 Å². The van der Waals surface area contributed by atoms with E-state index in [1.807, 2.05) is 18.5 Å². The van der Waals surface area contributed by atoms with E-state index >= 15 is 0 Å². The van der Waals surface area contributed by atoms with Crippen molar-refractivity contribution in [1.29, 1.82) is 0 Å². The summed E-state index contributed by atoms with van der Waals surface area (Å²) in [5.74, 6) is 2.45. The van der Waals surface area contributed by atoms with Crippen LogP contribution in [0.2, 0.25) is 0 Å². The number of aromatic nitrogens is 4. The zero-order valence-corrected chi connectivity index (χ0v) is 20.1. The highest BCUT2D eigenvalue weighted by Gasteiger charge is 2.66. The fourth-order valence-corrected chi connectivity index (χ4v) is 6.39. The van der Waals surface area contributed by atoms with Gasteiger partial charge in [-0.05, 0) is 55.3 Å². The zero-order chi connectivity index (χ0) is 24.4. The summed E-state index contributed by atoms with van der Waals surface area (Å²) in [4.78, 5) is 4.58. The molecule has 2 unspecified atom stereocenters. The number of aryl methyl sites for hydroxylation is 1. The van der Waals surface area contributed by atoms with Gasteiger partial charge in [0, 0.05) is 25.9 Å². The average molecular weight is 522 g/mol. The zero-order valence-electron chi connectivity index (χ0n) is 18.5. The summed E-state index contributed by atoms with van der Waals surface area (Å²) in [5, 5.41) is 9.19. The van der Waals surface area contributed by atoms with Gasteiger partial charge in [-0.1, -0.05) is 43.3 Å². The molecule has 2 aromatic heterocycles. The number of hydrogen-bond acceptors (Lipinski definition) is 6. The second kappa shape index (κ2) is 7.44. The first-order chi connectivity index (χ1) is 15.8. The number of thioether (sulfide) groups is 1. The molecule has 1 aliphatic heterocycles. The Bertz CT molecular complexity index is 1220. The third kappa shape index (κ3) is 4.57. The van der Waals surface area contributed by atoms with E-state index < -0.39 is 15.1 Å². The van der Waals surface area contributed by atoms with Gasteiger partial charge in [-0.3, -0.25) is 0 Å². The molecule has 1 aromatic carbocycles. The molecule has 3 atom stereocenters. The molecule has 0 bridgehead atoms. The second-order valence-corrected chi connectivity index (χ2v) is 12.5. The average Bonchev–Trinajstić information content (AvgIpc) is 3.09. The van der Waals surface area contributed by atoms with Gasteiger partial charge in [0.1, 0.15) is 4.90 Å². The topological polar surface area (TPSA) is 60.0 Å². The number of likely N-dealkylation sites (tertiary alicyclic amines) is 1. The van der Waals surface area contributed by atoms with Crippen molar-refractivity contribution < 1.29 is 23.8 Å². The van der Waals surface area contributed by atoms with Gasteiger partial charge in [0.05, 0.1) is 5.69 Å². The maximum Gasteiger partial charge on any atom is 0.310 e. The summed E-state index contributed by atoms with van der Waals surface area (Å²) >= 11 is 1.59. The SMILES string of the molecule is Cc1ncoc1-c1nnc(SCCCN2CC3C(c4cccc(S(F)(F)(F)(F)F)c4)[C@H]3C2)n1C. The molecule has 0 amide bonds. The molecule has 3 heterocycles. The van der Waals surface area contributed by atoms with Crippen LogP contribution in [0.5, 0.6) is 0 Å². The Labute approximate surface area is 197 Å². The Morgan fingerprint density at radius 2 is 1.85 bits per heavy atom. The molecule has 13 heteroatoms. The van der Waals surface area contributed by atoms with Gasteiger partial charge in [-0.15, -0.1) is 10.2 Å². The fraction of sp³-hybridized carbons (Fsp3) is 0.476. The third-order valence-corrected chi connectivity index (χ3v) is 8.84. The van der Waals surface area contributed by atoms with Crippen LogP contribution >= 0.6 is 22.0 Å². The molecular weight excluding hydrogens is 497 g/mol. The number of piperidine rings is 1. The molecule has 2 fully saturated rings. The minimum Gasteiger partial charge on any atom is -0.440 e. The first-order valence-corrected chi connectivity index (χ1v) is 13.7. The Hall–Kier alpha value is -2.12. The highest BCUT2D eigenvalue weighted by Crippen LogP contribution is 3.02. The predicted molar refractivity (Wildman–Crippen MR) is 121 cm³/mol. The molecule has 186 valence electrons. The second-order valence-electron chi connectivity index (χ2n) is 8.99.